The molecule has 7 nitrogen and oxygen atoms in total. The predicted octanol–water partition coefficient (Wildman–Crippen LogP) is 2.10. The van der Waals surface area contributed by atoms with Gasteiger partial charge < -0.3 is 15.0 Å². The van der Waals surface area contributed by atoms with Crippen molar-refractivity contribution in [3.63, 3.8) is 0 Å². The first kappa shape index (κ1) is 16.9. The fourth-order valence-electron chi connectivity index (χ4n) is 2.69. The highest BCUT2D eigenvalue weighted by Crippen LogP contribution is 2.31. The highest BCUT2D eigenvalue weighted by atomic mass is 16.5. The topological polar surface area (TPSA) is 84.4 Å². The Hall–Kier alpha value is -2.96. The number of para-hydroxylation sites is 2. The molecule has 0 unspecified atom stereocenters. The Morgan fingerprint density at radius 1 is 1.32 bits per heavy atom. The second-order valence-corrected chi connectivity index (χ2v) is 5.75. The maximum absolute atomic E-state index is 12.2. The van der Waals surface area contributed by atoms with Crippen LogP contribution in [0.2, 0.25) is 0 Å². The smallest absolute Gasteiger partial charge is 0.265 e. The van der Waals surface area contributed by atoms with Crippen molar-refractivity contribution in [3.8, 4) is 5.75 Å². The predicted molar refractivity (Wildman–Crippen MR) is 93.7 cm³/mol. The van der Waals surface area contributed by atoms with Crippen LogP contribution in [0.5, 0.6) is 5.75 Å². The van der Waals surface area contributed by atoms with Crippen LogP contribution in [0.15, 0.2) is 30.3 Å². The first-order valence-corrected chi connectivity index (χ1v) is 8.23. The number of fused-ring (bicyclic) bond motifs is 1. The van der Waals surface area contributed by atoms with Crippen LogP contribution >= 0.6 is 0 Å². The summed E-state index contributed by atoms with van der Waals surface area (Å²) in [6.07, 6.45) is 0.940. The molecule has 0 radical (unpaired) electrons. The number of nitrogens with one attached hydrogen (secondary N) is 1. The van der Waals surface area contributed by atoms with Crippen molar-refractivity contribution in [1.29, 1.82) is 0 Å². The van der Waals surface area contributed by atoms with Gasteiger partial charge in [-0.15, -0.1) is 0 Å². The fourth-order valence-corrected chi connectivity index (χ4v) is 2.69. The number of rotatable bonds is 5. The number of amides is 2. The summed E-state index contributed by atoms with van der Waals surface area (Å²) in [5.41, 5.74) is 1.57. The van der Waals surface area contributed by atoms with Gasteiger partial charge in [0, 0.05) is 24.7 Å². The number of carbonyl (C=O) groups excluding carboxylic acids is 2. The third-order valence-corrected chi connectivity index (χ3v) is 3.89. The number of carbonyl (C=O) groups is 2. The fraction of sp³-hybridized carbons (Fsp3) is 0.333. The van der Waals surface area contributed by atoms with E-state index >= 15 is 0 Å². The molecule has 7 heteroatoms. The summed E-state index contributed by atoms with van der Waals surface area (Å²) in [4.78, 5) is 34.4. The van der Waals surface area contributed by atoms with E-state index in [4.69, 9.17) is 4.74 Å². The Morgan fingerprint density at radius 3 is 2.92 bits per heavy atom. The van der Waals surface area contributed by atoms with Gasteiger partial charge in [0.2, 0.25) is 5.91 Å². The van der Waals surface area contributed by atoms with Crippen LogP contribution in [0.25, 0.3) is 0 Å². The van der Waals surface area contributed by atoms with Crippen LogP contribution in [0.1, 0.15) is 24.9 Å². The molecule has 0 atom stereocenters. The Bertz CT molecular complexity index is 807. The minimum Gasteiger partial charge on any atom is -0.482 e. The van der Waals surface area contributed by atoms with Crippen molar-refractivity contribution in [2.24, 2.45) is 0 Å². The van der Waals surface area contributed by atoms with Gasteiger partial charge in [-0.25, -0.2) is 9.97 Å². The number of aromatic nitrogens is 2. The SMILES string of the molecule is CCc1cc(NC(=O)CCN2C(=O)COc3ccccc32)nc(C)n1. The summed E-state index contributed by atoms with van der Waals surface area (Å²) >= 11 is 0. The summed E-state index contributed by atoms with van der Waals surface area (Å²) in [6, 6.07) is 9.07. The molecule has 1 aromatic carbocycles. The van der Waals surface area contributed by atoms with Crippen molar-refractivity contribution in [2.75, 3.05) is 23.4 Å². The minimum atomic E-state index is -0.197. The van der Waals surface area contributed by atoms with Gasteiger partial charge in [0.1, 0.15) is 17.4 Å². The van der Waals surface area contributed by atoms with Gasteiger partial charge in [-0.3, -0.25) is 9.59 Å². The van der Waals surface area contributed by atoms with Crippen LogP contribution in [-0.2, 0) is 16.0 Å². The van der Waals surface area contributed by atoms with E-state index in [1.807, 2.05) is 31.2 Å². The zero-order valence-corrected chi connectivity index (χ0v) is 14.3. The normalized spacial score (nSPS) is 13.2. The number of hydrogen-bond acceptors (Lipinski definition) is 5. The van der Waals surface area contributed by atoms with Crippen LogP contribution < -0.4 is 15.0 Å². The standard InChI is InChI=1S/C18H20N4O3/c1-3-13-10-16(20-12(2)19-13)21-17(23)8-9-22-14-6-4-5-7-15(14)25-11-18(22)24/h4-7,10H,3,8-9,11H2,1-2H3,(H,19,20,21,23). The Balaban J connectivity index is 1.65. The highest BCUT2D eigenvalue weighted by Gasteiger charge is 2.25. The molecule has 0 spiro atoms. The molecular formula is C18H20N4O3. The second kappa shape index (κ2) is 7.29. The summed E-state index contributed by atoms with van der Waals surface area (Å²) in [5, 5.41) is 2.78. The minimum absolute atomic E-state index is 0.0103. The van der Waals surface area contributed by atoms with Crippen molar-refractivity contribution in [2.45, 2.75) is 26.7 Å². The number of aryl methyl sites for hydroxylation is 2. The van der Waals surface area contributed by atoms with Gasteiger partial charge in [-0.1, -0.05) is 19.1 Å². The Morgan fingerprint density at radius 2 is 2.12 bits per heavy atom. The third kappa shape index (κ3) is 3.93. The maximum atomic E-state index is 12.2. The van der Waals surface area contributed by atoms with E-state index < -0.39 is 0 Å². The molecule has 1 aliphatic rings. The Labute approximate surface area is 146 Å². The second-order valence-electron chi connectivity index (χ2n) is 5.75. The monoisotopic (exact) mass is 340 g/mol. The van der Waals surface area contributed by atoms with E-state index in [-0.39, 0.29) is 31.4 Å². The van der Waals surface area contributed by atoms with Crippen molar-refractivity contribution < 1.29 is 14.3 Å². The van der Waals surface area contributed by atoms with E-state index in [1.54, 1.807) is 17.9 Å². The van der Waals surface area contributed by atoms with Gasteiger partial charge >= 0.3 is 0 Å². The van der Waals surface area contributed by atoms with Crippen molar-refractivity contribution in [3.05, 3.63) is 41.9 Å². The summed E-state index contributed by atoms with van der Waals surface area (Å²) in [5.74, 6) is 1.41. The first-order valence-electron chi connectivity index (χ1n) is 8.23. The lowest BCUT2D eigenvalue weighted by molar-refractivity contribution is -0.121. The number of ether oxygens (including phenoxy) is 1. The quantitative estimate of drug-likeness (QED) is 0.901. The third-order valence-electron chi connectivity index (χ3n) is 3.89. The number of benzene rings is 1. The van der Waals surface area contributed by atoms with E-state index in [2.05, 4.69) is 15.3 Å². The highest BCUT2D eigenvalue weighted by molar-refractivity contribution is 5.99. The number of nitrogens with zero attached hydrogens (tertiary/aromatic N) is 3. The molecule has 2 heterocycles. The lowest BCUT2D eigenvalue weighted by Crippen LogP contribution is -2.40. The molecular weight excluding hydrogens is 320 g/mol. The van der Waals surface area contributed by atoms with Crippen LogP contribution in [-0.4, -0.2) is 34.9 Å². The average Bonchev–Trinajstić information content (AvgIpc) is 2.60. The summed E-state index contributed by atoms with van der Waals surface area (Å²) < 4.78 is 5.40. The molecule has 0 bridgehead atoms. The molecule has 0 saturated carbocycles. The van der Waals surface area contributed by atoms with Gasteiger partial charge in [0.25, 0.3) is 5.91 Å². The number of hydrogen-bond donors (Lipinski definition) is 1. The largest absolute Gasteiger partial charge is 0.482 e. The van der Waals surface area contributed by atoms with Crippen molar-refractivity contribution >= 4 is 23.3 Å². The number of anilines is 2. The van der Waals surface area contributed by atoms with Gasteiger partial charge in [-0.2, -0.15) is 0 Å². The lowest BCUT2D eigenvalue weighted by Gasteiger charge is -2.29. The van der Waals surface area contributed by atoms with Crippen LogP contribution in [0, 0.1) is 6.92 Å². The summed E-state index contributed by atoms with van der Waals surface area (Å²) in [6.45, 7) is 4.06. The van der Waals surface area contributed by atoms with Gasteiger partial charge in [0.15, 0.2) is 6.61 Å². The van der Waals surface area contributed by atoms with E-state index in [0.29, 0.717) is 23.1 Å². The molecule has 1 aromatic heterocycles. The summed E-state index contributed by atoms with van der Waals surface area (Å²) in [7, 11) is 0. The lowest BCUT2D eigenvalue weighted by atomic mass is 10.2. The Kier molecular flexibility index (Phi) is 4.92. The zero-order chi connectivity index (χ0) is 17.8. The molecule has 0 fully saturated rings. The molecule has 1 aliphatic heterocycles. The van der Waals surface area contributed by atoms with Gasteiger partial charge in [0.05, 0.1) is 5.69 Å². The average molecular weight is 340 g/mol. The van der Waals surface area contributed by atoms with Gasteiger partial charge in [-0.05, 0) is 25.5 Å². The molecule has 130 valence electrons. The molecule has 25 heavy (non-hydrogen) atoms. The molecule has 0 saturated heterocycles. The van der Waals surface area contributed by atoms with Crippen molar-refractivity contribution in [1.82, 2.24) is 9.97 Å². The van der Waals surface area contributed by atoms with Crippen LogP contribution in [0.4, 0.5) is 11.5 Å². The van der Waals surface area contributed by atoms with E-state index in [9.17, 15) is 9.59 Å². The first-order chi connectivity index (χ1) is 12.1. The molecule has 2 amide bonds. The van der Waals surface area contributed by atoms with Crippen LogP contribution in [0.3, 0.4) is 0 Å². The van der Waals surface area contributed by atoms with E-state index in [1.165, 1.54) is 0 Å². The molecule has 2 aromatic rings. The molecule has 1 N–H and O–H groups in total. The molecule has 0 aliphatic carbocycles. The molecule has 3 rings (SSSR count). The maximum Gasteiger partial charge on any atom is 0.265 e. The zero-order valence-electron chi connectivity index (χ0n) is 14.3. The van der Waals surface area contributed by atoms with E-state index in [0.717, 1.165) is 12.1 Å².